The van der Waals surface area contributed by atoms with E-state index in [1.807, 2.05) is 6.92 Å². The van der Waals surface area contributed by atoms with Gasteiger partial charge in [0.1, 0.15) is 17.8 Å². The van der Waals surface area contributed by atoms with Gasteiger partial charge in [0.15, 0.2) is 5.82 Å². The summed E-state index contributed by atoms with van der Waals surface area (Å²) in [6, 6.07) is 1.06. The first kappa shape index (κ1) is 15.5. The third kappa shape index (κ3) is 2.69. The third-order valence-electron chi connectivity index (χ3n) is 4.70. The van der Waals surface area contributed by atoms with Gasteiger partial charge in [-0.25, -0.2) is 4.79 Å². The fourth-order valence-electron chi connectivity index (χ4n) is 3.39. The minimum Gasteiger partial charge on any atom is -0.360 e. The molecule has 1 aliphatic carbocycles. The fourth-order valence-corrected chi connectivity index (χ4v) is 3.39. The van der Waals surface area contributed by atoms with Crippen molar-refractivity contribution in [2.24, 2.45) is 5.92 Å². The van der Waals surface area contributed by atoms with E-state index in [1.165, 1.54) is 0 Å². The minimum atomic E-state index is -0.847. The van der Waals surface area contributed by atoms with Crippen molar-refractivity contribution in [3.05, 3.63) is 11.8 Å². The van der Waals surface area contributed by atoms with Crippen LogP contribution in [0.1, 0.15) is 38.4 Å². The largest absolute Gasteiger partial charge is 0.360 e. The molecule has 3 rings (SSSR count). The summed E-state index contributed by atoms with van der Waals surface area (Å²) in [5.41, 5.74) is -0.847. The number of nitrogens with zero attached hydrogens (tertiary/aromatic N) is 2. The smallest absolute Gasteiger partial charge is 0.325 e. The van der Waals surface area contributed by atoms with Gasteiger partial charge < -0.3 is 15.2 Å². The van der Waals surface area contributed by atoms with Crippen LogP contribution in [0.5, 0.6) is 0 Å². The maximum absolute atomic E-state index is 12.7. The first-order valence-electron chi connectivity index (χ1n) is 7.79. The maximum Gasteiger partial charge on any atom is 0.325 e. The van der Waals surface area contributed by atoms with Crippen molar-refractivity contribution in [1.29, 1.82) is 0 Å². The number of carbonyl (C=O) groups is 3. The topological polar surface area (TPSA) is 105 Å². The van der Waals surface area contributed by atoms with Gasteiger partial charge in [0, 0.05) is 6.07 Å². The van der Waals surface area contributed by atoms with E-state index >= 15 is 0 Å². The minimum absolute atomic E-state index is 0.0685. The SMILES string of the molecule is Cc1cc(NC(=O)CN2C(=O)N[C@@]3(CCCC[C@@H]3C)C2=O)no1. The molecule has 2 fully saturated rings. The highest BCUT2D eigenvalue weighted by molar-refractivity contribution is 6.10. The molecular weight excluding hydrogens is 300 g/mol. The van der Waals surface area contributed by atoms with Crippen molar-refractivity contribution in [3.8, 4) is 0 Å². The number of nitrogens with one attached hydrogen (secondary N) is 2. The van der Waals surface area contributed by atoms with Crippen molar-refractivity contribution >= 4 is 23.7 Å². The lowest BCUT2D eigenvalue weighted by Crippen LogP contribution is -2.54. The Balaban J connectivity index is 1.69. The second-order valence-electron chi connectivity index (χ2n) is 6.31. The van der Waals surface area contributed by atoms with Gasteiger partial charge in [0.05, 0.1) is 0 Å². The molecule has 1 aromatic rings. The quantitative estimate of drug-likeness (QED) is 0.820. The van der Waals surface area contributed by atoms with Crippen LogP contribution in [0.15, 0.2) is 10.6 Å². The summed E-state index contributed by atoms with van der Waals surface area (Å²) in [5, 5.41) is 8.98. The molecule has 0 radical (unpaired) electrons. The standard InChI is InChI=1S/C15H20N4O4/c1-9-5-3-4-6-15(9)13(21)19(14(22)17-15)8-12(20)16-11-7-10(2)23-18-11/h7,9H,3-6,8H2,1-2H3,(H,17,22)(H,16,18,20)/t9-,15+/m0/s1. The van der Waals surface area contributed by atoms with Crippen molar-refractivity contribution in [3.63, 3.8) is 0 Å². The fraction of sp³-hybridized carbons (Fsp3) is 0.600. The zero-order chi connectivity index (χ0) is 16.6. The van der Waals surface area contributed by atoms with E-state index in [-0.39, 0.29) is 24.2 Å². The second kappa shape index (κ2) is 5.68. The van der Waals surface area contributed by atoms with Crippen LogP contribution in [0.2, 0.25) is 0 Å². The molecule has 1 saturated heterocycles. The van der Waals surface area contributed by atoms with Gasteiger partial charge in [-0.3, -0.25) is 14.5 Å². The molecule has 1 saturated carbocycles. The van der Waals surface area contributed by atoms with Gasteiger partial charge in [-0.15, -0.1) is 0 Å². The van der Waals surface area contributed by atoms with Crippen LogP contribution in [0.25, 0.3) is 0 Å². The third-order valence-corrected chi connectivity index (χ3v) is 4.70. The van der Waals surface area contributed by atoms with Gasteiger partial charge in [0.2, 0.25) is 5.91 Å². The lowest BCUT2D eigenvalue weighted by molar-refractivity contribution is -0.136. The number of hydrogen-bond acceptors (Lipinski definition) is 5. The first-order valence-corrected chi connectivity index (χ1v) is 7.79. The number of rotatable bonds is 3. The Morgan fingerprint density at radius 1 is 1.52 bits per heavy atom. The molecule has 23 heavy (non-hydrogen) atoms. The number of aromatic nitrogens is 1. The molecular formula is C15H20N4O4. The molecule has 8 heteroatoms. The molecule has 1 spiro atoms. The lowest BCUT2D eigenvalue weighted by atomic mass is 9.73. The molecule has 0 bridgehead atoms. The number of anilines is 1. The predicted molar refractivity (Wildman–Crippen MR) is 80.5 cm³/mol. The van der Waals surface area contributed by atoms with E-state index in [1.54, 1.807) is 13.0 Å². The molecule has 124 valence electrons. The van der Waals surface area contributed by atoms with Crippen molar-refractivity contribution in [1.82, 2.24) is 15.4 Å². The molecule has 4 amide bonds. The zero-order valence-electron chi connectivity index (χ0n) is 13.2. The van der Waals surface area contributed by atoms with E-state index in [2.05, 4.69) is 15.8 Å². The van der Waals surface area contributed by atoms with Crippen LogP contribution in [0.3, 0.4) is 0 Å². The highest BCUT2D eigenvalue weighted by Crippen LogP contribution is 2.38. The summed E-state index contributed by atoms with van der Waals surface area (Å²) in [6.45, 7) is 3.35. The normalized spacial score (nSPS) is 27.4. The molecule has 1 aliphatic heterocycles. The number of carbonyl (C=O) groups excluding carboxylic acids is 3. The Labute approximate surface area is 133 Å². The van der Waals surface area contributed by atoms with Gasteiger partial charge >= 0.3 is 6.03 Å². The number of hydrogen-bond donors (Lipinski definition) is 2. The second-order valence-corrected chi connectivity index (χ2v) is 6.31. The van der Waals surface area contributed by atoms with Crippen LogP contribution in [-0.2, 0) is 9.59 Å². The summed E-state index contributed by atoms with van der Waals surface area (Å²) in [7, 11) is 0. The average molecular weight is 320 g/mol. The van der Waals surface area contributed by atoms with E-state index < -0.39 is 17.5 Å². The van der Waals surface area contributed by atoms with Gasteiger partial charge in [-0.05, 0) is 25.7 Å². The average Bonchev–Trinajstić information content (AvgIpc) is 3.00. The lowest BCUT2D eigenvalue weighted by Gasteiger charge is -2.36. The summed E-state index contributed by atoms with van der Waals surface area (Å²) in [6.07, 6.45) is 3.47. The first-order chi connectivity index (χ1) is 10.9. The summed E-state index contributed by atoms with van der Waals surface area (Å²) < 4.78 is 4.86. The predicted octanol–water partition coefficient (Wildman–Crippen LogP) is 1.42. The highest BCUT2D eigenvalue weighted by Gasteiger charge is 2.55. The Bertz CT molecular complexity index is 656. The molecule has 0 aromatic carbocycles. The number of aryl methyl sites for hydroxylation is 1. The summed E-state index contributed by atoms with van der Waals surface area (Å²) >= 11 is 0. The van der Waals surface area contributed by atoms with E-state index in [4.69, 9.17) is 4.52 Å². The molecule has 2 heterocycles. The van der Waals surface area contributed by atoms with Gasteiger partial charge in [-0.2, -0.15) is 0 Å². The van der Waals surface area contributed by atoms with Gasteiger partial charge in [-0.1, -0.05) is 24.9 Å². The Morgan fingerprint density at radius 2 is 2.30 bits per heavy atom. The summed E-state index contributed by atoms with van der Waals surface area (Å²) in [4.78, 5) is 37.9. The van der Waals surface area contributed by atoms with Crippen molar-refractivity contribution < 1.29 is 18.9 Å². The molecule has 2 N–H and O–H groups in total. The molecule has 2 atom stereocenters. The van der Waals surface area contributed by atoms with E-state index in [9.17, 15) is 14.4 Å². The van der Waals surface area contributed by atoms with Crippen LogP contribution < -0.4 is 10.6 Å². The number of urea groups is 1. The number of amides is 4. The van der Waals surface area contributed by atoms with Gasteiger partial charge in [0.25, 0.3) is 5.91 Å². The molecule has 8 nitrogen and oxygen atoms in total. The van der Waals surface area contributed by atoms with Crippen LogP contribution >= 0.6 is 0 Å². The molecule has 0 unspecified atom stereocenters. The highest BCUT2D eigenvalue weighted by atomic mass is 16.5. The Kier molecular flexibility index (Phi) is 3.83. The van der Waals surface area contributed by atoms with E-state index in [0.29, 0.717) is 12.2 Å². The Hall–Kier alpha value is -2.38. The zero-order valence-corrected chi connectivity index (χ0v) is 13.2. The molecule has 2 aliphatic rings. The van der Waals surface area contributed by atoms with Crippen LogP contribution in [0, 0.1) is 12.8 Å². The van der Waals surface area contributed by atoms with Crippen molar-refractivity contribution in [2.75, 3.05) is 11.9 Å². The van der Waals surface area contributed by atoms with Crippen LogP contribution in [0.4, 0.5) is 10.6 Å². The van der Waals surface area contributed by atoms with Crippen LogP contribution in [-0.4, -0.2) is 40.0 Å². The van der Waals surface area contributed by atoms with E-state index in [0.717, 1.165) is 24.2 Å². The Morgan fingerprint density at radius 3 is 2.96 bits per heavy atom. The number of imide groups is 1. The van der Waals surface area contributed by atoms with Crippen molar-refractivity contribution in [2.45, 2.75) is 45.1 Å². The summed E-state index contributed by atoms with van der Waals surface area (Å²) in [5.74, 6) is 0.105. The maximum atomic E-state index is 12.7. The molecule has 1 aromatic heterocycles. The monoisotopic (exact) mass is 320 g/mol.